The van der Waals surface area contributed by atoms with E-state index in [2.05, 4.69) is 48.0 Å². The van der Waals surface area contributed by atoms with Crippen molar-refractivity contribution < 1.29 is 4.74 Å². The average Bonchev–Trinajstić information content (AvgIpc) is 2.58. The molecule has 0 atom stereocenters. The zero-order valence-corrected chi connectivity index (χ0v) is 14.8. The minimum Gasteiger partial charge on any atom is -0.457 e. The van der Waals surface area contributed by atoms with E-state index in [9.17, 15) is 0 Å². The van der Waals surface area contributed by atoms with Crippen LogP contribution in [0, 0.1) is 6.92 Å². The predicted octanol–water partition coefficient (Wildman–Crippen LogP) is 4.14. The van der Waals surface area contributed by atoms with E-state index in [0.29, 0.717) is 0 Å². The van der Waals surface area contributed by atoms with Gasteiger partial charge in [-0.1, -0.05) is 25.1 Å². The molecule has 0 spiro atoms. The lowest BCUT2D eigenvalue weighted by atomic mass is 10.2. The number of hydrogen-bond acceptors (Lipinski definition) is 4. The fraction of sp³-hybridized carbons (Fsp3) is 0.400. The van der Waals surface area contributed by atoms with Gasteiger partial charge >= 0.3 is 0 Å². The number of hydrogen-bond donors (Lipinski definition) is 3. The van der Waals surface area contributed by atoms with Gasteiger partial charge in [-0.15, -0.1) is 0 Å². The summed E-state index contributed by atoms with van der Waals surface area (Å²) in [5.74, 6) is 1.73. The number of nitrogens with one attached hydrogen (secondary N) is 3. The molecule has 0 bridgehead atoms. The highest BCUT2D eigenvalue weighted by atomic mass is 16.5. The third-order valence-corrected chi connectivity index (χ3v) is 3.57. The topological polar surface area (TPSA) is 45.3 Å². The number of para-hydroxylation sites is 1. The van der Waals surface area contributed by atoms with Crippen LogP contribution >= 0.6 is 0 Å². The van der Waals surface area contributed by atoms with Crippen LogP contribution in [0.25, 0.3) is 0 Å². The molecular weight excluding hydrogens is 298 g/mol. The van der Waals surface area contributed by atoms with Crippen LogP contribution in [0.2, 0.25) is 0 Å². The molecule has 4 heteroatoms. The quantitative estimate of drug-likeness (QED) is 0.429. The van der Waals surface area contributed by atoms with E-state index < -0.39 is 0 Å². The summed E-state index contributed by atoms with van der Waals surface area (Å²) in [6.07, 6.45) is 2.25. The lowest BCUT2D eigenvalue weighted by Gasteiger charge is -2.12. The Bertz CT molecular complexity index is 587. The molecule has 130 valence electrons. The van der Waals surface area contributed by atoms with Gasteiger partial charge in [-0.05, 0) is 62.7 Å². The van der Waals surface area contributed by atoms with Crippen molar-refractivity contribution in [3.05, 3.63) is 54.1 Å². The standard InChI is InChI=1S/C20H29N3O/c1-3-10-21-16-22-11-7-12-23-18-13-17(2)14-20(15-18)24-19-8-5-4-6-9-19/h4-6,8-9,13-15,21-23H,3,7,10-12,16H2,1-2H3. The minimum atomic E-state index is 0.859. The molecule has 0 amide bonds. The largest absolute Gasteiger partial charge is 0.457 e. The van der Waals surface area contributed by atoms with E-state index in [1.54, 1.807) is 0 Å². The summed E-state index contributed by atoms with van der Waals surface area (Å²) in [4.78, 5) is 0. The Morgan fingerprint density at radius 2 is 1.67 bits per heavy atom. The lowest BCUT2D eigenvalue weighted by molar-refractivity contribution is 0.482. The zero-order chi connectivity index (χ0) is 17.0. The number of ether oxygens (including phenoxy) is 1. The summed E-state index contributed by atoms with van der Waals surface area (Å²) in [5, 5.41) is 10.2. The van der Waals surface area contributed by atoms with Crippen LogP contribution in [0.4, 0.5) is 5.69 Å². The van der Waals surface area contributed by atoms with E-state index in [0.717, 1.165) is 49.9 Å². The third kappa shape index (κ3) is 7.02. The molecule has 2 aromatic rings. The first-order valence-electron chi connectivity index (χ1n) is 8.78. The Labute approximate surface area is 145 Å². The van der Waals surface area contributed by atoms with Gasteiger partial charge in [-0.2, -0.15) is 0 Å². The first-order valence-corrected chi connectivity index (χ1v) is 8.78. The molecule has 0 saturated carbocycles. The number of benzene rings is 2. The molecule has 0 heterocycles. The summed E-state index contributed by atoms with van der Waals surface area (Å²) in [7, 11) is 0. The molecule has 0 aliphatic rings. The first kappa shape index (κ1) is 18.3. The highest BCUT2D eigenvalue weighted by Crippen LogP contribution is 2.25. The molecule has 0 unspecified atom stereocenters. The maximum atomic E-state index is 5.92. The number of aryl methyl sites for hydroxylation is 1. The molecule has 0 aliphatic heterocycles. The lowest BCUT2D eigenvalue weighted by Crippen LogP contribution is -2.30. The van der Waals surface area contributed by atoms with Crippen molar-refractivity contribution in [1.29, 1.82) is 0 Å². The Balaban J connectivity index is 1.75. The van der Waals surface area contributed by atoms with Gasteiger partial charge in [0.1, 0.15) is 11.5 Å². The molecule has 4 nitrogen and oxygen atoms in total. The van der Waals surface area contributed by atoms with E-state index >= 15 is 0 Å². The summed E-state index contributed by atoms with van der Waals surface area (Å²) in [6.45, 7) is 8.16. The van der Waals surface area contributed by atoms with E-state index in [1.165, 1.54) is 12.0 Å². The van der Waals surface area contributed by atoms with Gasteiger partial charge < -0.3 is 20.7 Å². The summed E-state index contributed by atoms with van der Waals surface area (Å²) in [5.41, 5.74) is 2.29. The first-order chi connectivity index (χ1) is 11.8. The van der Waals surface area contributed by atoms with Crippen LogP contribution in [-0.4, -0.2) is 26.3 Å². The van der Waals surface area contributed by atoms with Gasteiger partial charge in [-0.25, -0.2) is 0 Å². The van der Waals surface area contributed by atoms with Crippen molar-refractivity contribution in [3.63, 3.8) is 0 Å². The van der Waals surface area contributed by atoms with E-state index in [1.807, 2.05) is 30.3 Å². The van der Waals surface area contributed by atoms with Gasteiger partial charge in [0.05, 0.1) is 0 Å². The number of anilines is 1. The van der Waals surface area contributed by atoms with Crippen LogP contribution < -0.4 is 20.7 Å². The van der Waals surface area contributed by atoms with Crippen molar-refractivity contribution >= 4 is 5.69 Å². The van der Waals surface area contributed by atoms with Crippen molar-refractivity contribution in [2.24, 2.45) is 0 Å². The van der Waals surface area contributed by atoms with Crippen molar-refractivity contribution in [2.45, 2.75) is 26.7 Å². The molecule has 2 aromatic carbocycles. The van der Waals surface area contributed by atoms with Crippen LogP contribution in [0.3, 0.4) is 0 Å². The zero-order valence-electron chi connectivity index (χ0n) is 14.8. The Morgan fingerprint density at radius 3 is 2.46 bits per heavy atom. The molecule has 0 radical (unpaired) electrons. The average molecular weight is 327 g/mol. The van der Waals surface area contributed by atoms with E-state index in [4.69, 9.17) is 4.74 Å². The van der Waals surface area contributed by atoms with E-state index in [-0.39, 0.29) is 0 Å². The SMILES string of the molecule is CCCNCNCCCNc1cc(C)cc(Oc2ccccc2)c1. The summed E-state index contributed by atoms with van der Waals surface area (Å²) >= 11 is 0. The monoisotopic (exact) mass is 327 g/mol. The molecular formula is C20H29N3O. The summed E-state index contributed by atoms with van der Waals surface area (Å²) < 4.78 is 5.92. The molecule has 0 aromatic heterocycles. The van der Waals surface area contributed by atoms with Crippen LogP contribution in [0.15, 0.2) is 48.5 Å². The van der Waals surface area contributed by atoms with Crippen molar-refractivity contribution in [2.75, 3.05) is 31.6 Å². The maximum Gasteiger partial charge on any atom is 0.129 e. The van der Waals surface area contributed by atoms with Gasteiger partial charge in [0.15, 0.2) is 0 Å². The number of rotatable bonds is 11. The van der Waals surface area contributed by atoms with Crippen LogP contribution in [0.1, 0.15) is 25.3 Å². The van der Waals surface area contributed by atoms with Crippen LogP contribution in [-0.2, 0) is 0 Å². The molecule has 0 saturated heterocycles. The van der Waals surface area contributed by atoms with Crippen LogP contribution in [0.5, 0.6) is 11.5 Å². The van der Waals surface area contributed by atoms with Crippen molar-refractivity contribution in [1.82, 2.24) is 10.6 Å². The molecule has 24 heavy (non-hydrogen) atoms. The fourth-order valence-corrected chi connectivity index (χ4v) is 2.42. The Hall–Kier alpha value is -2.04. The second kappa shape index (κ2) is 10.7. The predicted molar refractivity (Wildman–Crippen MR) is 102 cm³/mol. The van der Waals surface area contributed by atoms with Gasteiger partial charge in [0, 0.05) is 25.0 Å². The fourth-order valence-electron chi connectivity index (χ4n) is 2.42. The summed E-state index contributed by atoms with van der Waals surface area (Å²) in [6, 6.07) is 16.1. The highest BCUT2D eigenvalue weighted by Gasteiger charge is 2.01. The second-order valence-corrected chi connectivity index (χ2v) is 5.91. The van der Waals surface area contributed by atoms with Gasteiger partial charge in [0.25, 0.3) is 0 Å². The van der Waals surface area contributed by atoms with Gasteiger partial charge in [0.2, 0.25) is 0 Å². The smallest absolute Gasteiger partial charge is 0.129 e. The molecule has 0 aliphatic carbocycles. The van der Waals surface area contributed by atoms with Crippen molar-refractivity contribution in [3.8, 4) is 11.5 Å². The maximum absolute atomic E-state index is 5.92. The Kier molecular flexibility index (Phi) is 8.15. The third-order valence-electron chi connectivity index (χ3n) is 3.57. The molecule has 0 fully saturated rings. The minimum absolute atomic E-state index is 0.859. The molecule has 2 rings (SSSR count). The second-order valence-electron chi connectivity index (χ2n) is 5.91. The molecule has 3 N–H and O–H groups in total. The Morgan fingerprint density at radius 1 is 0.875 bits per heavy atom. The van der Waals surface area contributed by atoms with Gasteiger partial charge in [-0.3, -0.25) is 0 Å². The highest BCUT2D eigenvalue weighted by molar-refractivity contribution is 5.51. The normalized spacial score (nSPS) is 10.6.